The average Bonchev–Trinajstić information content (AvgIpc) is 3.08. The van der Waals surface area contributed by atoms with Crippen LogP contribution in [-0.2, 0) is 0 Å². The third-order valence-corrected chi connectivity index (χ3v) is 4.32. The highest BCUT2D eigenvalue weighted by Crippen LogP contribution is 2.35. The Hall–Kier alpha value is -2.30. The number of rotatable bonds is 2. The van der Waals surface area contributed by atoms with E-state index in [9.17, 15) is 4.79 Å². The maximum atomic E-state index is 12.7. The van der Waals surface area contributed by atoms with E-state index in [2.05, 4.69) is 10.5 Å². The van der Waals surface area contributed by atoms with E-state index in [-0.39, 0.29) is 12.1 Å². The first kappa shape index (κ1) is 14.6. The van der Waals surface area contributed by atoms with Crippen LogP contribution in [0.2, 0.25) is 0 Å². The SMILES string of the molecule is Cc1ccccc1NC(=O)N1CCC[C@H]1c1c(C)noc1C. The Bertz CT molecular complexity index is 673. The summed E-state index contributed by atoms with van der Waals surface area (Å²) in [6.07, 6.45) is 1.94. The maximum absolute atomic E-state index is 12.7. The number of aryl methyl sites for hydroxylation is 3. The number of aromatic nitrogens is 1. The third-order valence-electron chi connectivity index (χ3n) is 4.32. The molecule has 1 aliphatic heterocycles. The quantitative estimate of drug-likeness (QED) is 0.912. The summed E-state index contributed by atoms with van der Waals surface area (Å²) in [5.41, 5.74) is 3.84. The number of hydrogen-bond acceptors (Lipinski definition) is 3. The fourth-order valence-electron chi connectivity index (χ4n) is 3.18. The molecule has 2 amide bonds. The third kappa shape index (κ3) is 2.58. The molecule has 1 fully saturated rings. The summed E-state index contributed by atoms with van der Waals surface area (Å²) in [4.78, 5) is 14.5. The van der Waals surface area contributed by atoms with Crippen molar-refractivity contribution < 1.29 is 9.32 Å². The minimum atomic E-state index is -0.0585. The van der Waals surface area contributed by atoms with Gasteiger partial charge in [0, 0.05) is 17.8 Å². The normalized spacial score (nSPS) is 17.8. The Labute approximate surface area is 130 Å². The first-order valence-electron chi connectivity index (χ1n) is 7.64. The van der Waals surface area contributed by atoms with E-state index in [0.717, 1.165) is 47.7 Å². The van der Waals surface area contributed by atoms with Crippen LogP contribution in [0.4, 0.5) is 10.5 Å². The largest absolute Gasteiger partial charge is 0.361 e. The molecule has 1 saturated heterocycles. The van der Waals surface area contributed by atoms with Crippen LogP contribution in [0.3, 0.4) is 0 Å². The highest BCUT2D eigenvalue weighted by molar-refractivity contribution is 5.90. The fourth-order valence-corrected chi connectivity index (χ4v) is 3.18. The molecule has 2 heterocycles. The van der Waals surface area contributed by atoms with Crippen molar-refractivity contribution in [1.29, 1.82) is 0 Å². The molecule has 1 atom stereocenters. The molecule has 2 aromatic rings. The molecule has 1 aromatic carbocycles. The zero-order valence-corrected chi connectivity index (χ0v) is 13.2. The lowest BCUT2D eigenvalue weighted by Crippen LogP contribution is -2.35. The summed E-state index contributed by atoms with van der Waals surface area (Å²) >= 11 is 0. The van der Waals surface area contributed by atoms with E-state index in [1.165, 1.54) is 0 Å². The van der Waals surface area contributed by atoms with Gasteiger partial charge >= 0.3 is 6.03 Å². The van der Waals surface area contributed by atoms with E-state index in [0.29, 0.717) is 0 Å². The van der Waals surface area contributed by atoms with Gasteiger partial charge in [-0.05, 0) is 45.2 Å². The van der Waals surface area contributed by atoms with Gasteiger partial charge in [-0.15, -0.1) is 0 Å². The van der Waals surface area contributed by atoms with Crippen molar-refractivity contribution >= 4 is 11.7 Å². The fraction of sp³-hybridized carbons (Fsp3) is 0.412. The molecule has 0 unspecified atom stereocenters. The van der Waals surface area contributed by atoms with Crippen LogP contribution < -0.4 is 5.32 Å². The number of urea groups is 1. The molecular formula is C17H21N3O2. The zero-order valence-electron chi connectivity index (χ0n) is 13.2. The van der Waals surface area contributed by atoms with Crippen molar-refractivity contribution in [3.05, 3.63) is 46.8 Å². The molecule has 0 spiro atoms. The summed E-state index contributed by atoms with van der Waals surface area (Å²) < 4.78 is 5.26. The topological polar surface area (TPSA) is 58.4 Å². The van der Waals surface area contributed by atoms with Crippen LogP contribution in [0.25, 0.3) is 0 Å². The van der Waals surface area contributed by atoms with E-state index in [4.69, 9.17) is 4.52 Å². The first-order valence-corrected chi connectivity index (χ1v) is 7.64. The standard InChI is InChI=1S/C17H21N3O2/c1-11-7-4-5-8-14(11)18-17(21)20-10-6-9-15(20)16-12(2)19-22-13(16)3/h4-5,7-8,15H,6,9-10H2,1-3H3,(H,18,21)/t15-/m0/s1. The summed E-state index contributed by atoms with van der Waals surface area (Å²) in [6, 6.07) is 7.80. The smallest absolute Gasteiger partial charge is 0.322 e. The Kier molecular flexibility index (Phi) is 3.88. The minimum absolute atomic E-state index is 0.0512. The van der Waals surface area contributed by atoms with Gasteiger partial charge in [-0.1, -0.05) is 23.4 Å². The lowest BCUT2D eigenvalue weighted by Gasteiger charge is -2.25. The lowest BCUT2D eigenvalue weighted by atomic mass is 10.0. The number of amides is 2. The predicted octanol–water partition coefficient (Wildman–Crippen LogP) is 3.97. The summed E-state index contributed by atoms with van der Waals surface area (Å²) in [5, 5.41) is 7.04. The van der Waals surface area contributed by atoms with Gasteiger partial charge in [-0.3, -0.25) is 0 Å². The van der Waals surface area contributed by atoms with Crippen molar-refractivity contribution in [3.8, 4) is 0 Å². The Morgan fingerprint density at radius 1 is 1.32 bits per heavy atom. The summed E-state index contributed by atoms with van der Waals surface area (Å²) in [7, 11) is 0. The minimum Gasteiger partial charge on any atom is -0.361 e. The molecular weight excluding hydrogens is 278 g/mol. The number of carbonyl (C=O) groups excluding carboxylic acids is 1. The van der Waals surface area contributed by atoms with Crippen molar-refractivity contribution in [2.45, 2.75) is 39.7 Å². The van der Waals surface area contributed by atoms with Crippen molar-refractivity contribution in [2.75, 3.05) is 11.9 Å². The van der Waals surface area contributed by atoms with Gasteiger partial charge in [0.2, 0.25) is 0 Å². The van der Waals surface area contributed by atoms with Crippen LogP contribution in [0, 0.1) is 20.8 Å². The van der Waals surface area contributed by atoms with Gasteiger partial charge in [-0.25, -0.2) is 4.79 Å². The molecule has 0 saturated carbocycles. The number of nitrogens with one attached hydrogen (secondary N) is 1. The van der Waals surface area contributed by atoms with Gasteiger partial charge in [0.1, 0.15) is 5.76 Å². The second-order valence-electron chi connectivity index (χ2n) is 5.83. The Balaban J connectivity index is 1.81. The van der Waals surface area contributed by atoms with Gasteiger partial charge in [0.05, 0.1) is 11.7 Å². The number of benzene rings is 1. The molecule has 22 heavy (non-hydrogen) atoms. The van der Waals surface area contributed by atoms with E-state index >= 15 is 0 Å². The molecule has 3 rings (SSSR count). The lowest BCUT2D eigenvalue weighted by molar-refractivity contribution is 0.206. The Morgan fingerprint density at radius 2 is 2.09 bits per heavy atom. The second kappa shape index (κ2) is 5.83. The summed E-state index contributed by atoms with van der Waals surface area (Å²) in [5.74, 6) is 0.804. The molecule has 0 aliphatic carbocycles. The average molecular weight is 299 g/mol. The van der Waals surface area contributed by atoms with E-state index in [1.807, 2.05) is 49.9 Å². The number of carbonyl (C=O) groups is 1. The van der Waals surface area contributed by atoms with E-state index < -0.39 is 0 Å². The first-order chi connectivity index (χ1) is 10.6. The zero-order chi connectivity index (χ0) is 15.7. The molecule has 1 N–H and O–H groups in total. The van der Waals surface area contributed by atoms with Crippen LogP contribution in [0.1, 0.15) is 41.5 Å². The van der Waals surface area contributed by atoms with Gasteiger partial charge in [-0.2, -0.15) is 0 Å². The maximum Gasteiger partial charge on any atom is 0.322 e. The molecule has 5 nitrogen and oxygen atoms in total. The molecule has 0 bridgehead atoms. The van der Waals surface area contributed by atoms with Crippen molar-refractivity contribution in [3.63, 3.8) is 0 Å². The predicted molar refractivity (Wildman–Crippen MR) is 84.9 cm³/mol. The number of likely N-dealkylation sites (tertiary alicyclic amines) is 1. The number of para-hydroxylation sites is 1. The number of hydrogen-bond donors (Lipinski definition) is 1. The second-order valence-corrected chi connectivity index (χ2v) is 5.83. The number of nitrogens with zero attached hydrogens (tertiary/aromatic N) is 2. The van der Waals surface area contributed by atoms with Crippen LogP contribution in [0.15, 0.2) is 28.8 Å². The Morgan fingerprint density at radius 3 is 2.77 bits per heavy atom. The summed E-state index contributed by atoms with van der Waals surface area (Å²) in [6.45, 7) is 6.59. The van der Waals surface area contributed by atoms with Crippen molar-refractivity contribution in [2.24, 2.45) is 0 Å². The number of anilines is 1. The van der Waals surface area contributed by atoms with E-state index in [1.54, 1.807) is 0 Å². The molecule has 1 aromatic heterocycles. The molecule has 0 radical (unpaired) electrons. The highest BCUT2D eigenvalue weighted by atomic mass is 16.5. The molecule has 1 aliphatic rings. The van der Waals surface area contributed by atoms with Gasteiger partial charge in [0.15, 0.2) is 0 Å². The highest BCUT2D eigenvalue weighted by Gasteiger charge is 2.33. The monoisotopic (exact) mass is 299 g/mol. The molecule has 5 heteroatoms. The van der Waals surface area contributed by atoms with Gasteiger partial charge in [0.25, 0.3) is 0 Å². The molecule has 116 valence electrons. The van der Waals surface area contributed by atoms with Gasteiger partial charge < -0.3 is 14.7 Å². The van der Waals surface area contributed by atoms with Crippen molar-refractivity contribution in [1.82, 2.24) is 10.1 Å². The van der Waals surface area contributed by atoms with Crippen LogP contribution in [-0.4, -0.2) is 22.6 Å². The van der Waals surface area contributed by atoms with Crippen LogP contribution in [0.5, 0.6) is 0 Å². The van der Waals surface area contributed by atoms with Crippen LogP contribution >= 0.6 is 0 Å².